The van der Waals surface area contributed by atoms with Crippen LogP contribution in [0.5, 0.6) is 0 Å². The Balaban J connectivity index is 1.78. The second kappa shape index (κ2) is 10.1. The van der Waals surface area contributed by atoms with Gasteiger partial charge in [0, 0.05) is 5.69 Å². The predicted octanol–water partition coefficient (Wildman–Crippen LogP) is 4.21. The number of nitrogens with zero attached hydrogens (tertiary/aromatic N) is 1. The molecule has 1 atom stereocenters. The molecule has 0 fully saturated rings. The Morgan fingerprint density at radius 2 is 1.46 bits per heavy atom. The largest absolute Gasteiger partial charge is 0.324 e. The quantitative estimate of drug-likeness (QED) is 0.467. The third-order valence-corrected chi connectivity index (χ3v) is 8.28. The maximum Gasteiger partial charge on any atom is 0.261 e. The molecule has 3 aromatic rings. The Hall–Kier alpha value is -3.37. The molecule has 0 aliphatic heterocycles. The number of carbonyl (C=O) groups excluding carboxylic acids is 1. The number of benzene rings is 3. The lowest BCUT2D eigenvalue weighted by Crippen LogP contribution is -2.45. The number of sulfonamides is 2. The second-order valence-electron chi connectivity index (χ2n) is 8.44. The molecule has 0 saturated heterocycles. The van der Waals surface area contributed by atoms with E-state index in [1.807, 2.05) is 19.9 Å². The summed E-state index contributed by atoms with van der Waals surface area (Å²) in [5.41, 5.74) is 3.90. The number of carbonyl (C=O) groups is 1. The number of para-hydroxylation sites is 1. The van der Waals surface area contributed by atoms with Crippen LogP contribution < -0.4 is 14.3 Å². The van der Waals surface area contributed by atoms with Crippen molar-refractivity contribution >= 4 is 43.0 Å². The van der Waals surface area contributed by atoms with Crippen LogP contribution in [0.2, 0.25) is 0 Å². The van der Waals surface area contributed by atoms with Gasteiger partial charge in [-0.2, -0.15) is 0 Å². The number of aryl methyl sites for hydroxylation is 3. The molecule has 35 heavy (non-hydrogen) atoms. The maximum absolute atomic E-state index is 12.9. The van der Waals surface area contributed by atoms with E-state index in [0.29, 0.717) is 17.1 Å². The summed E-state index contributed by atoms with van der Waals surface area (Å²) < 4.78 is 54.1. The molecule has 186 valence electrons. The molecule has 3 aromatic carbocycles. The second-order valence-corrected chi connectivity index (χ2v) is 12.0. The van der Waals surface area contributed by atoms with Gasteiger partial charge in [-0.05, 0) is 86.8 Å². The van der Waals surface area contributed by atoms with Crippen molar-refractivity contribution in [1.29, 1.82) is 0 Å². The molecule has 0 aliphatic rings. The lowest BCUT2D eigenvalue weighted by molar-refractivity contribution is -0.116. The van der Waals surface area contributed by atoms with Crippen LogP contribution in [0.1, 0.15) is 23.6 Å². The first-order chi connectivity index (χ1) is 16.3. The Morgan fingerprint density at radius 1 is 0.829 bits per heavy atom. The molecule has 0 aliphatic carbocycles. The fraction of sp³-hybridized carbons (Fsp3) is 0.240. The van der Waals surface area contributed by atoms with Crippen LogP contribution in [-0.2, 0) is 24.8 Å². The van der Waals surface area contributed by atoms with Gasteiger partial charge in [0.2, 0.25) is 15.9 Å². The van der Waals surface area contributed by atoms with Crippen LogP contribution >= 0.6 is 0 Å². The Kier molecular flexibility index (Phi) is 7.56. The van der Waals surface area contributed by atoms with Crippen LogP contribution in [0, 0.1) is 20.8 Å². The number of amides is 1. The standard InChI is InChI=1S/C25H29N3O5S2/c1-17-10-13-22(16-19(17)3)28(34(5,30)31)20(4)25(29)26-21-11-14-23(15-12-21)35(32,33)27-24-9-7-6-8-18(24)2/h6-16,20,27H,1-5H3,(H,26,29)/t20-/m0/s1. The molecule has 0 bridgehead atoms. The van der Waals surface area contributed by atoms with Gasteiger partial charge in [-0.15, -0.1) is 0 Å². The lowest BCUT2D eigenvalue weighted by atomic mass is 10.1. The Labute approximate surface area is 207 Å². The molecule has 10 heteroatoms. The SMILES string of the molecule is Cc1ccc(N([C@@H](C)C(=O)Nc2ccc(S(=O)(=O)Nc3ccccc3C)cc2)S(C)(=O)=O)cc1C. The average Bonchev–Trinajstić information content (AvgIpc) is 2.77. The zero-order valence-electron chi connectivity index (χ0n) is 20.2. The molecule has 0 aromatic heterocycles. The van der Waals surface area contributed by atoms with Crippen molar-refractivity contribution in [3.05, 3.63) is 83.4 Å². The number of anilines is 3. The van der Waals surface area contributed by atoms with Crippen molar-refractivity contribution in [2.24, 2.45) is 0 Å². The van der Waals surface area contributed by atoms with Crippen molar-refractivity contribution in [1.82, 2.24) is 0 Å². The number of hydrogen-bond donors (Lipinski definition) is 2. The van der Waals surface area contributed by atoms with E-state index in [0.717, 1.165) is 27.3 Å². The van der Waals surface area contributed by atoms with Gasteiger partial charge in [0.25, 0.3) is 10.0 Å². The van der Waals surface area contributed by atoms with Crippen LogP contribution in [0.3, 0.4) is 0 Å². The summed E-state index contributed by atoms with van der Waals surface area (Å²) in [5.74, 6) is -0.553. The molecule has 0 unspecified atom stereocenters. The van der Waals surface area contributed by atoms with Gasteiger partial charge in [0.1, 0.15) is 6.04 Å². The van der Waals surface area contributed by atoms with E-state index in [4.69, 9.17) is 0 Å². The maximum atomic E-state index is 12.9. The first-order valence-electron chi connectivity index (χ1n) is 10.9. The molecule has 0 radical (unpaired) electrons. The van der Waals surface area contributed by atoms with E-state index in [9.17, 15) is 21.6 Å². The first-order valence-corrected chi connectivity index (χ1v) is 14.2. The van der Waals surface area contributed by atoms with E-state index in [1.165, 1.54) is 31.2 Å². The Morgan fingerprint density at radius 3 is 2.03 bits per heavy atom. The lowest BCUT2D eigenvalue weighted by Gasteiger charge is -2.28. The highest BCUT2D eigenvalue weighted by molar-refractivity contribution is 7.92. The van der Waals surface area contributed by atoms with Crippen LogP contribution in [-0.4, -0.2) is 35.0 Å². The molecular weight excluding hydrogens is 486 g/mol. The third kappa shape index (κ3) is 6.20. The van der Waals surface area contributed by atoms with Crippen LogP contribution in [0.4, 0.5) is 17.1 Å². The summed E-state index contributed by atoms with van der Waals surface area (Å²) in [6.07, 6.45) is 1.05. The molecule has 0 heterocycles. The zero-order chi connectivity index (χ0) is 26.0. The summed E-state index contributed by atoms with van der Waals surface area (Å²) in [7, 11) is -7.58. The van der Waals surface area contributed by atoms with Crippen molar-refractivity contribution in [2.45, 2.75) is 38.6 Å². The van der Waals surface area contributed by atoms with E-state index in [-0.39, 0.29) is 4.90 Å². The highest BCUT2D eigenvalue weighted by Gasteiger charge is 2.29. The van der Waals surface area contributed by atoms with Crippen LogP contribution in [0.15, 0.2) is 71.6 Å². The summed E-state index contributed by atoms with van der Waals surface area (Å²) >= 11 is 0. The van der Waals surface area contributed by atoms with Crippen molar-refractivity contribution in [3.63, 3.8) is 0 Å². The molecule has 0 saturated carbocycles. The molecule has 2 N–H and O–H groups in total. The van der Waals surface area contributed by atoms with E-state index in [2.05, 4.69) is 10.0 Å². The van der Waals surface area contributed by atoms with Gasteiger partial charge in [0.15, 0.2) is 0 Å². The predicted molar refractivity (Wildman–Crippen MR) is 140 cm³/mol. The number of nitrogens with one attached hydrogen (secondary N) is 2. The Bertz CT molecular complexity index is 1450. The molecular formula is C25H29N3O5S2. The van der Waals surface area contributed by atoms with Crippen molar-refractivity contribution in [3.8, 4) is 0 Å². The summed E-state index contributed by atoms with van der Waals surface area (Å²) in [4.78, 5) is 13.0. The molecule has 8 nitrogen and oxygen atoms in total. The fourth-order valence-corrected chi connectivity index (χ4v) is 5.82. The fourth-order valence-electron chi connectivity index (χ4n) is 3.53. The van der Waals surface area contributed by atoms with Gasteiger partial charge in [-0.1, -0.05) is 24.3 Å². The highest BCUT2D eigenvalue weighted by atomic mass is 32.2. The normalized spacial score (nSPS) is 12.6. The average molecular weight is 516 g/mol. The van der Waals surface area contributed by atoms with Gasteiger partial charge in [-0.3, -0.25) is 13.8 Å². The number of rotatable bonds is 8. The van der Waals surface area contributed by atoms with Gasteiger partial charge >= 0.3 is 0 Å². The minimum absolute atomic E-state index is 0.0275. The first kappa shape index (κ1) is 26.2. The van der Waals surface area contributed by atoms with Gasteiger partial charge in [0.05, 0.1) is 22.5 Å². The zero-order valence-corrected chi connectivity index (χ0v) is 21.9. The summed E-state index contributed by atoms with van der Waals surface area (Å²) in [6, 6.07) is 16.8. The van der Waals surface area contributed by atoms with Crippen molar-refractivity contribution < 1.29 is 21.6 Å². The number of hydrogen-bond acceptors (Lipinski definition) is 5. The highest BCUT2D eigenvalue weighted by Crippen LogP contribution is 2.25. The van der Waals surface area contributed by atoms with E-state index >= 15 is 0 Å². The molecule has 1 amide bonds. The van der Waals surface area contributed by atoms with Gasteiger partial charge in [-0.25, -0.2) is 16.8 Å². The summed E-state index contributed by atoms with van der Waals surface area (Å²) in [5, 5.41) is 2.67. The minimum atomic E-state index is -3.82. The van der Waals surface area contributed by atoms with Crippen molar-refractivity contribution in [2.75, 3.05) is 20.6 Å². The van der Waals surface area contributed by atoms with E-state index < -0.39 is 32.0 Å². The topological polar surface area (TPSA) is 113 Å². The van der Waals surface area contributed by atoms with E-state index in [1.54, 1.807) is 43.3 Å². The summed E-state index contributed by atoms with van der Waals surface area (Å²) in [6.45, 7) is 7.08. The molecule has 0 spiro atoms. The molecule has 3 rings (SSSR count). The van der Waals surface area contributed by atoms with Gasteiger partial charge < -0.3 is 5.32 Å². The minimum Gasteiger partial charge on any atom is -0.324 e. The monoisotopic (exact) mass is 515 g/mol. The third-order valence-electron chi connectivity index (χ3n) is 5.66. The smallest absolute Gasteiger partial charge is 0.261 e. The van der Waals surface area contributed by atoms with Crippen LogP contribution in [0.25, 0.3) is 0 Å².